The van der Waals surface area contributed by atoms with E-state index in [2.05, 4.69) is 15.1 Å². The molecular formula is C19H15N5O2. The van der Waals surface area contributed by atoms with Crippen LogP contribution in [-0.2, 0) is 0 Å². The molecule has 0 aliphatic heterocycles. The Morgan fingerprint density at radius 2 is 1.92 bits per heavy atom. The van der Waals surface area contributed by atoms with Crippen LogP contribution in [0.15, 0.2) is 54.9 Å². The monoisotopic (exact) mass is 345 g/mol. The summed E-state index contributed by atoms with van der Waals surface area (Å²) in [7, 11) is 0. The van der Waals surface area contributed by atoms with Crippen molar-refractivity contribution in [2.24, 2.45) is 0 Å². The fraction of sp³-hybridized carbons (Fsp3) is 0.0526. The number of carboxylic acid groups (broad SMARTS) is 1. The summed E-state index contributed by atoms with van der Waals surface area (Å²) in [4.78, 5) is 20.6. The van der Waals surface area contributed by atoms with Crippen molar-refractivity contribution in [1.82, 2.24) is 19.6 Å². The molecule has 3 aromatic heterocycles. The van der Waals surface area contributed by atoms with E-state index >= 15 is 0 Å². The number of anilines is 1. The van der Waals surface area contributed by atoms with Gasteiger partial charge >= 0.3 is 5.97 Å². The van der Waals surface area contributed by atoms with E-state index in [4.69, 9.17) is 5.73 Å². The zero-order valence-electron chi connectivity index (χ0n) is 13.9. The minimum atomic E-state index is -1.06. The molecule has 3 heterocycles. The normalized spacial score (nSPS) is 11.0. The van der Waals surface area contributed by atoms with Gasteiger partial charge in [-0.3, -0.25) is 4.98 Å². The van der Waals surface area contributed by atoms with E-state index in [1.165, 1.54) is 0 Å². The number of carboxylic acids is 1. The van der Waals surface area contributed by atoms with Gasteiger partial charge in [-0.15, -0.1) is 5.10 Å². The van der Waals surface area contributed by atoms with Gasteiger partial charge in [-0.05, 0) is 43.3 Å². The van der Waals surface area contributed by atoms with Crippen molar-refractivity contribution in [2.75, 3.05) is 5.73 Å². The fourth-order valence-electron chi connectivity index (χ4n) is 2.90. The lowest BCUT2D eigenvalue weighted by Gasteiger charge is -2.09. The largest absolute Gasteiger partial charge is 0.478 e. The average molecular weight is 345 g/mol. The van der Waals surface area contributed by atoms with Crippen molar-refractivity contribution in [2.45, 2.75) is 6.92 Å². The summed E-state index contributed by atoms with van der Waals surface area (Å²) in [5.74, 6) is -0.621. The summed E-state index contributed by atoms with van der Waals surface area (Å²) >= 11 is 0. The highest BCUT2D eigenvalue weighted by Crippen LogP contribution is 2.29. The third-order valence-electron chi connectivity index (χ3n) is 4.14. The highest BCUT2D eigenvalue weighted by atomic mass is 16.4. The maximum absolute atomic E-state index is 12.0. The molecule has 0 bridgehead atoms. The van der Waals surface area contributed by atoms with Gasteiger partial charge in [-0.25, -0.2) is 14.3 Å². The maximum atomic E-state index is 12.0. The van der Waals surface area contributed by atoms with E-state index in [9.17, 15) is 9.90 Å². The summed E-state index contributed by atoms with van der Waals surface area (Å²) < 4.78 is 1.55. The molecule has 1 aromatic carbocycles. The molecular weight excluding hydrogens is 330 g/mol. The Morgan fingerprint density at radius 1 is 1.15 bits per heavy atom. The smallest absolute Gasteiger partial charge is 0.340 e. The summed E-state index contributed by atoms with van der Waals surface area (Å²) in [6.07, 6.45) is 3.28. The lowest BCUT2D eigenvalue weighted by Crippen LogP contribution is -2.06. The van der Waals surface area contributed by atoms with E-state index in [0.29, 0.717) is 28.3 Å². The first kappa shape index (κ1) is 15.8. The van der Waals surface area contributed by atoms with Gasteiger partial charge in [-0.1, -0.05) is 6.07 Å². The number of nitrogens with zero attached hydrogens (tertiary/aromatic N) is 4. The highest BCUT2D eigenvalue weighted by molar-refractivity contribution is 6.02. The summed E-state index contributed by atoms with van der Waals surface area (Å²) in [5, 5.41) is 14.3. The first-order chi connectivity index (χ1) is 12.5. The molecule has 0 aliphatic rings. The second kappa shape index (κ2) is 5.96. The predicted molar refractivity (Wildman–Crippen MR) is 97.8 cm³/mol. The number of pyridine rings is 2. The molecule has 3 N–H and O–H groups in total. The number of carbonyl (C=O) groups is 1. The van der Waals surface area contributed by atoms with Crippen LogP contribution in [-0.4, -0.2) is 30.7 Å². The topological polar surface area (TPSA) is 106 Å². The number of benzene rings is 1. The molecule has 0 aliphatic carbocycles. The Morgan fingerprint density at radius 3 is 2.58 bits per heavy atom. The number of nitrogen functional groups attached to an aromatic ring is 1. The van der Waals surface area contributed by atoms with E-state index in [0.717, 1.165) is 11.3 Å². The Labute approximate surface area is 148 Å². The summed E-state index contributed by atoms with van der Waals surface area (Å²) in [6, 6.07) is 12.5. The molecule has 0 radical (unpaired) electrons. The van der Waals surface area contributed by atoms with Crippen LogP contribution in [0, 0.1) is 6.92 Å². The molecule has 7 nitrogen and oxygen atoms in total. The van der Waals surface area contributed by atoms with Crippen molar-refractivity contribution in [3.63, 3.8) is 0 Å². The quantitative estimate of drug-likeness (QED) is 0.553. The number of aryl methyl sites for hydroxylation is 1. The summed E-state index contributed by atoms with van der Waals surface area (Å²) in [6.45, 7) is 1.86. The fourth-order valence-corrected chi connectivity index (χ4v) is 2.90. The van der Waals surface area contributed by atoms with Crippen molar-refractivity contribution in [1.29, 1.82) is 0 Å². The number of aromatic carboxylic acids is 1. The van der Waals surface area contributed by atoms with Crippen molar-refractivity contribution in [3.05, 3.63) is 66.1 Å². The van der Waals surface area contributed by atoms with Crippen LogP contribution in [0.5, 0.6) is 0 Å². The molecule has 4 aromatic rings. The van der Waals surface area contributed by atoms with E-state index in [1.807, 2.05) is 25.1 Å². The van der Waals surface area contributed by atoms with E-state index in [-0.39, 0.29) is 5.56 Å². The second-order valence-corrected chi connectivity index (χ2v) is 5.91. The van der Waals surface area contributed by atoms with Gasteiger partial charge in [0.2, 0.25) is 0 Å². The van der Waals surface area contributed by atoms with Crippen molar-refractivity contribution in [3.8, 4) is 22.5 Å². The van der Waals surface area contributed by atoms with Gasteiger partial charge in [0, 0.05) is 40.5 Å². The number of fused-ring (bicyclic) bond motifs is 1. The van der Waals surface area contributed by atoms with Crippen LogP contribution in [0.3, 0.4) is 0 Å². The average Bonchev–Trinajstić information content (AvgIpc) is 3.08. The molecule has 7 heteroatoms. The number of rotatable bonds is 3. The minimum absolute atomic E-state index is 0.0952. The Balaban J connectivity index is 2.00. The molecule has 128 valence electrons. The van der Waals surface area contributed by atoms with Crippen LogP contribution in [0.4, 0.5) is 5.69 Å². The summed E-state index contributed by atoms with van der Waals surface area (Å²) in [5.41, 5.74) is 9.57. The van der Waals surface area contributed by atoms with Crippen LogP contribution in [0.1, 0.15) is 16.1 Å². The Bertz CT molecular complexity index is 1120. The van der Waals surface area contributed by atoms with Crippen LogP contribution >= 0.6 is 0 Å². The third-order valence-corrected chi connectivity index (χ3v) is 4.14. The van der Waals surface area contributed by atoms with Crippen LogP contribution in [0.2, 0.25) is 0 Å². The highest BCUT2D eigenvalue weighted by Gasteiger charge is 2.21. The standard InChI is InChI=1S/C19H15N5O2/c1-11-9-15(13-3-2-8-21-10-13)16(19(25)26)18-22-17(23-24(11)18)12-4-6-14(20)7-5-12/h2-10H,20H2,1H3,(H,25,26). The predicted octanol–water partition coefficient (Wildman–Crippen LogP) is 3.05. The molecule has 26 heavy (non-hydrogen) atoms. The number of hydrogen-bond acceptors (Lipinski definition) is 5. The van der Waals surface area contributed by atoms with Gasteiger partial charge in [0.1, 0.15) is 5.56 Å². The van der Waals surface area contributed by atoms with E-state index in [1.54, 1.807) is 41.2 Å². The van der Waals surface area contributed by atoms with Crippen LogP contribution in [0.25, 0.3) is 28.2 Å². The first-order valence-electron chi connectivity index (χ1n) is 7.94. The molecule has 0 fully saturated rings. The number of hydrogen-bond donors (Lipinski definition) is 2. The zero-order valence-corrected chi connectivity index (χ0v) is 13.9. The third kappa shape index (κ3) is 2.55. The Kier molecular flexibility index (Phi) is 3.62. The second-order valence-electron chi connectivity index (χ2n) is 5.91. The van der Waals surface area contributed by atoms with Gasteiger partial charge in [0.15, 0.2) is 11.5 Å². The maximum Gasteiger partial charge on any atom is 0.340 e. The van der Waals surface area contributed by atoms with Gasteiger partial charge in [0.05, 0.1) is 0 Å². The van der Waals surface area contributed by atoms with Crippen LogP contribution < -0.4 is 5.73 Å². The van der Waals surface area contributed by atoms with E-state index < -0.39 is 5.97 Å². The number of nitrogens with two attached hydrogens (primary N) is 1. The van der Waals surface area contributed by atoms with Gasteiger partial charge in [-0.2, -0.15) is 0 Å². The Hall–Kier alpha value is -3.74. The molecule has 0 saturated heterocycles. The molecule has 0 amide bonds. The molecule has 0 spiro atoms. The lowest BCUT2D eigenvalue weighted by molar-refractivity contribution is 0.0699. The van der Waals surface area contributed by atoms with Gasteiger partial charge in [0.25, 0.3) is 0 Å². The molecule has 4 rings (SSSR count). The van der Waals surface area contributed by atoms with Crippen molar-refractivity contribution < 1.29 is 9.90 Å². The first-order valence-corrected chi connectivity index (χ1v) is 7.94. The van der Waals surface area contributed by atoms with Crippen molar-refractivity contribution >= 4 is 17.3 Å². The van der Waals surface area contributed by atoms with Gasteiger partial charge < -0.3 is 10.8 Å². The molecule has 0 unspecified atom stereocenters. The number of aromatic nitrogens is 4. The minimum Gasteiger partial charge on any atom is -0.478 e. The lowest BCUT2D eigenvalue weighted by atomic mass is 10.0. The molecule has 0 atom stereocenters. The SMILES string of the molecule is Cc1cc(-c2cccnc2)c(C(=O)O)c2nc(-c3ccc(N)cc3)nn12. The zero-order chi connectivity index (χ0) is 18.3. The molecule has 0 saturated carbocycles.